The maximum atomic E-state index is 5.61. The van der Waals surface area contributed by atoms with E-state index in [-0.39, 0.29) is 0 Å². The van der Waals surface area contributed by atoms with Gasteiger partial charge in [0.25, 0.3) is 0 Å². The van der Waals surface area contributed by atoms with Crippen molar-refractivity contribution in [2.24, 2.45) is 0 Å². The van der Waals surface area contributed by atoms with E-state index in [1.807, 2.05) is 0 Å². The third kappa shape index (κ3) is 0.902. The molecule has 0 aromatic carbocycles. The second-order valence-corrected chi connectivity index (χ2v) is 2.13. The summed E-state index contributed by atoms with van der Waals surface area (Å²) in [6, 6.07) is 0. The molecule has 34 valence electrons. The highest BCUT2D eigenvalue weighted by Crippen LogP contribution is 2.14. The van der Waals surface area contributed by atoms with Gasteiger partial charge in [0.15, 0.2) is 0 Å². The molecule has 0 nitrogen and oxygen atoms in total. The molecule has 0 spiro atoms. The first-order chi connectivity index (χ1) is 3.30. The van der Waals surface area contributed by atoms with Gasteiger partial charge in [-0.25, -0.2) is 0 Å². The third-order valence-corrected chi connectivity index (χ3v) is 1.53. The molecule has 1 aliphatic heterocycles. The van der Waals surface area contributed by atoms with Gasteiger partial charge in [0.2, 0.25) is 0 Å². The smallest absolute Gasteiger partial charge is 0.118 e. The van der Waals surface area contributed by atoms with E-state index in [2.05, 4.69) is 13.0 Å². The fourth-order valence-corrected chi connectivity index (χ4v) is 0.870. The van der Waals surface area contributed by atoms with Gasteiger partial charge in [0, 0.05) is 7.74 Å². The average molecular weight is 89.7 g/mol. The van der Waals surface area contributed by atoms with Crippen molar-refractivity contribution in [3.05, 3.63) is 11.5 Å². The summed E-state index contributed by atoms with van der Waals surface area (Å²) < 4.78 is 0. The summed E-state index contributed by atoms with van der Waals surface area (Å²) in [7, 11) is 5.61. The molecular formula is C5H8B2. The van der Waals surface area contributed by atoms with Crippen molar-refractivity contribution in [1.82, 2.24) is 0 Å². The van der Waals surface area contributed by atoms with Crippen molar-refractivity contribution in [2.75, 3.05) is 0 Å². The second kappa shape index (κ2) is 1.77. The van der Waals surface area contributed by atoms with Gasteiger partial charge in [-0.3, -0.25) is 0 Å². The highest BCUT2D eigenvalue weighted by Gasteiger charge is 2.11. The summed E-state index contributed by atoms with van der Waals surface area (Å²) in [5, 5.41) is 0. The van der Waals surface area contributed by atoms with Crippen molar-refractivity contribution in [3.8, 4) is 0 Å². The maximum Gasteiger partial charge on any atom is 0.120 e. The van der Waals surface area contributed by atoms with Crippen LogP contribution >= 0.6 is 0 Å². The molecule has 0 saturated heterocycles. The van der Waals surface area contributed by atoms with Gasteiger partial charge >= 0.3 is 0 Å². The summed E-state index contributed by atoms with van der Waals surface area (Å²) in [6.07, 6.45) is 4.56. The molecule has 1 aliphatic rings. The minimum absolute atomic E-state index is 0.375. The lowest BCUT2D eigenvalue weighted by Crippen LogP contribution is -2.08. The van der Waals surface area contributed by atoms with Crippen LogP contribution in [0.4, 0.5) is 0 Å². The van der Waals surface area contributed by atoms with E-state index >= 15 is 0 Å². The molecule has 1 rings (SSSR count). The lowest BCUT2D eigenvalue weighted by Gasteiger charge is -1.94. The van der Waals surface area contributed by atoms with Crippen LogP contribution in [0.25, 0.3) is 0 Å². The summed E-state index contributed by atoms with van der Waals surface area (Å²) in [5.74, 6) is 0. The van der Waals surface area contributed by atoms with Crippen molar-refractivity contribution < 1.29 is 0 Å². The Morgan fingerprint density at radius 3 is 2.71 bits per heavy atom. The predicted octanol–water partition coefficient (Wildman–Crippen LogP) is 1.04. The van der Waals surface area contributed by atoms with Crippen LogP contribution in [0.2, 0.25) is 6.32 Å². The minimum atomic E-state index is 0.375. The molecule has 0 aliphatic carbocycles. The molecule has 7 heavy (non-hydrogen) atoms. The van der Waals surface area contributed by atoms with Crippen LogP contribution in [0.1, 0.15) is 13.3 Å². The first-order valence-corrected chi connectivity index (χ1v) is 2.73. The monoisotopic (exact) mass is 90.1 g/mol. The molecule has 0 N–H and O–H groups in total. The zero-order valence-corrected chi connectivity index (χ0v) is 4.65. The summed E-state index contributed by atoms with van der Waals surface area (Å²) in [4.78, 5) is 0. The van der Waals surface area contributed by atoms with Gasteiger partial charge in [-0.2, -0.15) is 0 Å². The standard InChI is InChI=1S/C5H8B2/c1-5-3-2-4-7(5)6/h3H,2,4H2,1H3. The van der Waals surface area contributed by atoms with Crippen LogP contribution in [0.3, 0.4) is 0 Å². The van der Waals surface area contributed by atoms with Crippen molar-refractivity contribution in [2.45, 2.75) is 19.7 Å². The molecule has 0 bridgehead atoms. The highest BCUT2D eigenvalue weighted by atomic mass is 13.9. The zero-order chi connectivity index (χ0) is 5.28. The SMILES string of the molecule is [B]B1CCC=C1C. The van der Waals surface area contributed by atoms with E-state index in [9.17, 15) is 0 Å². The largest absolute Gasteiger partial charge is 0.120 e. The van der Waals surface area contributed by atoms with Crippen molar-refractivity contribution in [3.63, 3.8) is 0 Å². The first kappa shape index (κ1) is 5.02. The zero-order valence-electron chi connectivity index (χ0n) is 4.65. The Hall–Kier alpha value is -0.130. The minimum Gasteiger partial charge on any atom is -0.118 e. The fourth-order valence-electron chi connectivity index (χ4n) is 0.870. The molecule has 0 amide bonds. The fraction of sp³-hybridized carbons (Fsp3) is 0.600. The Kier molecular flexibility index (Phi) is 1.27. The maximum absolute atomic E-state index is 5.61. The van der Waals surface area contributed by atoms with Crippen LogP contribution in [0.15, 0.2) is 11.5 Å². The normalized spacial score (nSPS) is 20.1. The molecule has 2 heteroatoms. The molecule has 0 saturated carbocycles. The number of allylic oxidation sites excluding steroid dienone is 2. The highest BCUT2D eigenvalue weighted by molar-refractivity contribution is 7.07. The lowest BCUT2D eigenvalue weighted by molar-refractivity contribution is 1.23. The average Bonchev–Trinajstić information content (AvgIpc) is 1.91. The Labute approximate surface area is 46.5 Å². The third-order valence-electron chi connectivity index (χ3n) is 1.53. The van der Waals surface area contributed by atoms with Gasteiger partial charge in [-0.1, -0.05) is 19.3 Å². The lowest BCUT2D eigenvalue weighted by atomic mass is 9.29. The molecule has 0 aromatic heterocycles. The van der Waals surface area contributed by atoms with E-state index in [1.165, 1.54) is 11.9 Å². The van der Waals surface area contributed by atoms with Gasteiger partial charge in [-0.15, -0.1) is 5.47 Å². The molecule has 0 atom stereocenters. The van der Waals surface area contributed by atoms with E-state index < -0.39 is 0 Å². The predicted molar refractivity (Wildman–Crippen MR) is 34.7 cm³/mol. The first-order valence-electron chi connectivity index (χ1n) is 2.73. The molecular weight excluding hydrogens is 81.7 g/mol. The van der Waals surface area contributed by atoms with Crippen molar-refractivity contribution in [1.29, 1.82) is 0 Å². The quantitative estimate of drug-likeness (QED) is 0.389. The number of hydrogen-bond donors (Lipinski definition) is 0. The van der Waals surface area contributed by atoms with Crippen LogP contribution in [-0.2, 0) is 0 Å². The van der Waals surface area contributed by atoms with Crippen LogP contribution < -0.4 is 0 Å². The van der Waals surface area contributed by atoms with Gasteiger partial charge in [0.05, 0.1) is 0 Å². The molecule has 1 heterocycles. The number of rotatable bonds is 0. The molecule has 2 radical (unpaired) electrons. The Balaban J connectivity index is 2.54. The van der Waals surface area contributed by atoms with Crippen LogP contribution in [0.5, 0.6) is 0 Å². The van der Waals surface area contributed by atoms with Gasteiger partial charge in [-0.05, 0) is 6.42 Å². The van der Waals surface area contributed by atoms with Gasteiger partial charge < -0.3 is 0 Å². The van der Waals surface area contributed by atoms with E-state index in [0.29, 0.717) is 6.60 Å². The van der Waals surface area contributed by atoms with E-state index in [1.54, 1.807) is 0 Å². The Morgan fingerprint density at radius 1 is 1.86 bits per heavy atom. The Morgan fingerprint density at radius 2 is 2.57 bits per heavy atom. The molecule has 0 fully saturated rings. The summed E-state index contributed by atoms with van der Waals surface area (Å²) in [5.41, 5.74) is 1.36. The second-order valence-electron chi connectivity index (χ2n) is 2.13. The number of hydrogen-bond acceptors (Lipinski definition) is 0. The Bertz CT molecular complexity index is 96.3. The topological polar surface area (TPSA) is 0 Å². The molecule has 0 unspecified atom stereocenters. The van der Waals surface area contributed by atoms with Crippen molar-refractivity contribution >= 4 is 14.3 Å². The van der Waals surface area contributed by atoms with Crippen LogP contribution in [0, 0.1) is 0 Å². The van der Waals surface area contributed by atoms with E-state index in [0.717, 1.165) is 6.32 Å². The van der Waals surface area contributed by atoms with E-state index in [4.69, 9.17) is 7.74 Å². The summed E-state index contributed by atoms with van der Waals surface area (Å²) >= 11 is 0. The van der Waals surface area contributed by atoms with Gasteiger partial charge in [0.1, 0.15) is 6.60 Å². The summed E-state index contributed by atoms with van der Waals surface area (Å²) in [6.45, 7) is 2.47. The molecule has 0 aromatic rings. The van der Waals surface area contributed by atoms with Crippen LogP contribution in [-0.4, -0.2) is 14.3 Å².